The Morgan fingerprint density at radius 3 is 2.62 bits per heavy atom. The highest BCUT2D eigenvalue weighted by Gasteiger charge is 2.30. The van der Waals surface area contributed by atoms with Gasteiger partial charge in [-0.15, -0.1) is 0 Å². The summed E-state index contributed by atoms with van der Waals surface area (Å²) in [6, 6.07) is 12.5. The van der Waals surface area contributed by atoms with Gasteiger partial charge in [-0.2, -0.15) is 0 Å². The molecule has 2 amide bonds. The molecule has 200 valence electrons. The number of hydrogen-bond acceptors (Lipinski definition) is 5. The Kier molecular flexibility index (Phi) is 9.66. The van der Waals surface area contributed by atoms with Crippen molar-refractivity contribution in [1.82, 2.24) is 10.6 Å². The monoisotopic (exact) mass is 511 g/mol. The minimum atomic E-state index is -0.881. The first-order valence-electron chi connectivity index (χ1n) is 13.4. The van der Waals surface area contributed by atoms with Crippen molar-refractivity contribution in [3.63, 3.8) is 0 Å². The van der Waals surface area contributed by atoms with Crippen LogP contribution in [0.3, 0.4) is 0 Å². The largest absolute Gasteiger partial charge is 0.390 e. The van der Waals surface area contributed by atoms with Gasteiger partial charge in [-0.3, -0.25) is 9.59 Å². The molecule has 0 radical (unpaired) electrons. The third-order valence-corrected chi connectivity index (χ3v) is 7.18. The van der Waals surface area contributed by atoms with Crippen LogP contribution < -0.4 is 15.5 Å². The average Bonchev–Trinajstić information content (AvgIpc) is 3.34. The summed E-state index contributed by atoms with van der Waals surface area (Å²) in [6.07, 6.45) is 3.80. The maximum atomic E-state index is 15.7. The number of nitrogens with one attached hydrogen (secondary N) is 2. The van der Waals surface area contributed by atoms with Crippen molar-refractivity contribution in [2.75, 3.05) is 31.2 Å². The van der Waals surface area contributed by atoms with Crippen molar-refractivity contribution in [3.8, 4) is 0 Å². The number of benzene rings is 2. The first-order valence-corrected chi connectivity index (χ1v) is 13.4. The predicted molar refractivity (Wildman–Crippen MR) is 141 cm³/mol. The molecule has 3 N–H and O–H groups in total. The van der Waals surface area contributed by atoms with Crippen LogP contribution in [-0.4, -0.2) is 61.4 Å². The predicted octanol–water partition coefficient (Wildman–Crippen LogP) is 3.38. The molecule has 8 heteroatoms. The van der Waals surface area contributed by atoms with Gasteiger partial charge < -0.3 is 25.4 Å². The van der Waals surface area contributed by atoms with Crippen molar-refractivity contribution < 1.29 is 23.8 Å². The second-order valence-electron chi connectivity index (χ2n) is 10.0. The fourth-order valence-electron chi connectivity index (χ4n) is 5.09. The highest BCUT2D eigenvalue weighted by Crippen LogP contribution is 2.29. The first kappa shape index (κ1) is 27.2. The van der Waals surface area contributed by atoms with Crippen LogP contribution in [0.1, 0.15) is 60.5 Å². The number of amides is 2. The lowest BCUT2D eigenvalue weighted by Crippen LogP contribution is -2.50. The Morgan fingerprint density at radius 2 is 1.95 bits per heavy atom. The summed E-state index contributed by atoms with van der Waals surface area (Å²) >= 11 is 0. The molecule has 7 nitrogen and oxygen atoms in total. The lowest BCUT2D eigenvalue weighted by Gasteiger charge is -2.29. The lowest BCUT2D eigenvalue weighted by molar-refractivity contribution is -0.117. The number of carbonyl (C=O) groups is 2. The normalized spacial score (nSPS) is 18.1. The van der Waals surface area contributed by atoms with E-state index >= 15 is 4.39 Å². The van der Waals surface area contributed by atoms with E-state index in [9.17, 15) is 14.7 Å². The number of rotatable bonds is 11. The Morgan fingerprint density at radius 1 is 1.19 bits per heavy atom. The fourth-order valence-corrected chi connectivity index (χ4v) is 5.09. The summed E-state index contributed by atoms with van der Waals surface area (Å²) in [5.41, 5.74) is 1.84. The van der Waals surface area contributed by atoms with E-state index in [1.165, 1.54) is 4.90 Å². The molecule has 2 heterocycles. The lowest BCUT2D eigenvalue weighted by atomic mass is 9.99. The number of hydrogen-bond donors (Lipinski definition) is 3. The van der Waals surface area contributed by atoms with Crippen molar-refractivity contribution in [2.24, 2.45) is 0 Å². The van der Waals surface area contributed by atoms with Crippen molar-refractivity contribution in [1.29, 1.82) is 0 Å². The van der Waals surface area contributed by atoms with Gasteiger partial charge in [0.25, 0.3) is 5.91 Å². The molecule has 2 saturated heterocycles. The van der Waals surface area contributed by atoms with E-state index in [1.54, 1.807) is 12.1 Å². The molecule has 37 heavy (non-hydrogen) atoms. The van der Waals surface area contributed by atoms with Gasteiger partial charge in [0, 0.05) is 38.8 Å². The molecule has 2 aromatic rings. The summed E-state index contributed by atoms with van der Waals surface area (Å²) in [4.78, 5) is 27.3. The topological polar surface area (TPSA) is 90.9 Å². The van der Waals surface area contributed by atoms with E-state index in [4.69, 9.17) is 4.74 Å². The van der Waals surface area contributed by atoms with E-state index < -0.39 is 23.9 Å². The SMILES string of the molecule is CCCc1cc(C(=O)N[C@@H](Cc2ccccc2)[C@H](O)CNC2CCOCC2)c(F)c(N2CCCC2=O)c1. The minimum Gasteiger partial charge on any atom is -0.390 e. The van der Waals surface area contributed by atoms with Gasteiger partial charge in [-0.05, 0) is 55.4 Å². The smallest absolute Gasteiger partial charge is 0.254 e. The Hall–Kier alpha value is -2.81. The Bertz CT molecular complexity index is 1060. The molecule has 2 aliphatic rings. The second kappa shape index (κ2) is 13.1. The van der Waals surface area contributed by atoms with E-state index in [0.717, 1.165) is 30.4 Å². The summed E-state index contributed by atoms with van der Waals surface area (Å²) in [7, 11) is 0. The zero-order valence-electron chi connectivity index (χ0n) is 21.5. The quantitative estimate of drug-likeness (QED) is 0.430. The molecule has 0 aliphatic carbocycles. The molecule has 0 saturated carbocycles. The van der Waals surface area contributed by atoms with Gasteiger partial charge in [0.2, 0.25) is 5.91 Å². The van der Waals surface area contributed by atoms with E-state index in [2.05, 4.69) is 10.6 Å². The molecular weight excluding hydrogens is 473 g/mol. The zero-order chi connectivity index (χ0) is 26.2. The number of anilines is 1. The molecule has 4 rings (SSSR count). The van der Waals surface area contributed by atoms with Crippen LogP contribution >= 0.6 is 0 Å². The van der Waals surface area contributed by atoms with Gasteiger partial charge >= 0.3 is 0 Å². The number of carbonyl (C=O) groups excluding carboxylic acids is 2. The zero-order valence-corrected chi connectivity index (χ0v) is 21.5. The van der Waals surface area contributed by atoms with Gasteiger partial charge in [-0.1, -0.05) is 43.7 Å². The van der Waals surface area contributed by atoms with E-state index in [1.807, 2.05) is 37.3 Å². The van der Waals surface area contributed by atoms with Gasteiger partial charge in [-0.25, -0.2) is 4.39 Å². The molecule has 0 aromatic heterocycles. The fraction of sp³-hybridized carbons (Fsp3) is 0.517. The molecule has 2 aromatic carbocycles. The standard InChI is InChI=1S/C29H38FN3O4/c1-2-7-21-16-23(28(30)25(18-21)33-13-6-10-27(33)35)29(36)32-24(17-20-8-4-3-5-9-20)26(34)19-31-22-11-14-37-15-12-22/h3-5,8-9,16,18,22,24,26,31,34H,2,6-7,10-15,17,19H2,1H3,(H,32,36)/t24-,26+/m0/s1. The second-order valence-corrected chi connectivity index (χ2v) is 10.0. The van der Waals surface area contributed by atoms with Crippen LogP contribution in [-0.2, 0) is 22.4 Å². The number of halogens is 1. The Balaban J connectivity index is 1.55. The van der Waals surface area contributed by atoms with Gasteiger partial charge in [0.05, 0.1) is 23.4 Å². The molecule has 2 fully saturated rings. The maximum absolute atomic E-state index is 15.7. The summed E-state index contributed by atoms with van der Waals surface area (Å²) in [6.45, 7) is 4.13. The minimum absolute atomic E-state index is 0.0942. The van der Waals surface area contributed by atoms with E-state index in [0.29, 0.717) is 52.0 Å². The van der Waals surface area contributed by atoms with Crippen LogP contribution in [0.15, 0.2) is 42.5 Å². The molecule has 2 atom stereocenters. The number of aryl methyl sites for hydroxylation is 1. The van der Waals surface area contributed by atoms with Crippen LogP contribution in [0.4, 0.5) is 10.1 Å². The van der Waals surface area contributed by atoms with Crippen LogP contribution in [0.25, 0.3) is 0 Å². The molecule has 0 spiro atoms. The molecule has 0 bridgehead atoms. The number of aliphatic hydroxyl groups excluding tert-OH is 1. The van der Waals surface area contributed by atoms with Gasteiger partial charge in [0.15, 0.2) is 5.82 Å². The van der Waals surface area contributed by atoms with Crippen LogP contribution in [0.5, 0.6) is 0 Å². The molecule has 0 unspecified atom stereocenters. The highest BCUT2D eigenvalue weighted by atomic mass is 19.1. The highest BCUT2D eigenvalue weighted by molar-refractivity contribution is 6.00. The maximum Gasteiger partial charge on any atom is 0.254 e. The number of aliphatic hydroxyl groups is 1. The average molecular weight is 512 g/mol. The third kappa shape index (κ3) is 7.15. The van der Waals surface area contributed by atoms with Gasteiger partial charge in [0.1, 0.15) is 0 Å². The number of ether oxygens (including phenoxy) is 1. The first-order chi connectivity index (χ1) is 18.0. The van der Waals surface area contributed by atoms with Crippen LogP contribution in [0, 0.1) is 5.82 Å². The van der Waals surface area contributed by atoms with Crippen molar-refractivity contribution in [3.05, 3.63) is 65.0 Å². The molecular formula is C29H38FN3O4. The van der Waals surface area contributed by atoms with Crippen LogP contribution in [0.2, 0.25) is 0 Å². The number of nitrogens with zero attached hydrogens (tertiary/aromatic N) is 1. The third-order valence-electron chi connectivity index (χ3n) is 7.18. The summed E-state index contributed by atoms with van der Waals surface area (Å²) in [5, 5.41) is 17.4. The van der Waals surface area contributed by atoms with E-state index in [-0.39, 0.29) is 23.2 Å². The summed E-state index contributed by atoms with van der Waals surface area (Å²) in [5.74, 6) is -1.41. The van der Waals surface area contributed by atoms with Crippen molar-refractivity contribution in [2.45, 2.75) is 70.1 Å². The summed E-state index contributed by atoms with van der Waals surface area (Å²) < 4.78 is 21.1. The molecule has 2 aliphatic heterocycles. The van der Waals surface area contributed by atoms with Crippen molar-refractivity contribution >= 4 is 17.5 Å². The Labute approximate surface area is 218 Å².